The third-order valence-electron chi connectivity index (χ3n) is 6.34. The number of nitrogens with one attached hydrogen (secondary N) is 1. The van der Waals surface area contributed by atoms with Crippen molar-refractivity contribution < 1.29 is 14.0 Å². The molecule has 0 bridgehead atoms. The molecule has 5 nitrogen and oxygen atoms in total. The van der Waals surface area contributed by atoms with Crippen LogP contribution in [0.5, 0.6) is 0 Å². The van der Waals surface area contributed by atoms with Gasteiger partial charge in [0, 0.05) is 31.1 Å². The summed E-state index contributed by atoms with van der Waals surface area (Å²) in [5.74, 6) is -0.0959. The molecule has 0 aliphatic carbocycles. The number of rotatable bonds is 6. The predicted octanol–water partition coefficient (Wildman–Crippen LogP) is 5.06. The molecule has 0 saturated carbocycles. The van der Waals surface area contributed by atoms with Gasteiger partial charge in [0.15, 0.2) is 0 Å². The van der Waals surface area contributed by atoms with Crippen molar-refractivity contribution in [3.63, 3.8) is 0 Å². The van der Waals surface area contributed by atoms with Gasteiger partial charge in [-0.2, -0.15) is 0 Å². The van der Waals surface area contributed by atoms with Crippen molar-refractivity contribution in [2.24, 2.45) is 11.8 Å². The number of likely N-dealkylation sites (tertiary alicyclic amines) is 1. The van der Waals surface area contributed by atoms with Crippen LogP contribution in [0.3, 0.4) is 0 Å². The van der Waals surface area contributed by atoms with E-state index in [0.29, 0.717) is 30.2 Å². The maximum atomic E-state index is 13.2. The molecule has 2 aromatic carbocycles. The highest BCUT2D eigenvalue weighted by molar-refractivity contribution is 7.17. The van der Waals surface area contributed by atoms with Gasteiger partial charge in [0.1, 0.15) is 15.7 Å². The summed E-state index contributed by atoms with van der Waals surface area (Å²) in [6, 6.07) is 16.0. The minimum Gasteiger partial charge on any atom is -0.352 e. The third kappa shape index (κ3) is 5.47. The Morgan fingerprint density at radius 3 is 2.45 bits per heavy atom. The molecule has 3 aromatic rings. The van der Waals surface area contributed by atoms with E-state index in [1.807, 2.05) is 49.1 Å². The van der Waals surface area contributed by atoms with Gasteiger partial charge in [-0.25, -0.2) is 9.37 Å². The molecule has 4 rings (SSSR count). The van der Waals surface area contributed by atoms with Crippen molar-refractivity contribution in [1.82, 2.24) is 15.2 Å². The summed E-state index contributed by atoms with van der Waals surface area (Å²) in [6.45, 7) is 5.60. The number of hydrogen-bond donors (Lipinski definition) is 1. The van der Waals surface area contributed by atoms with Crippen molar-refractivity contribution in [3.05, 3.63) is 76.5 Å². The maximum Gasteiger partial charge on any atom is 0.265 e. The van der Waals surface area contributed by atoms with E-state index in [-0.39, 0.29) is 29.5 Å². The van der Waals surface area contributed by atoms with Crippen LogP contribution in [-0.4, -0.2) is 34.8 Å². The van der Waals surface area contributed by atoms with E-state index in [1.165, 1.54) is 23.5 Å². The normalized spacial score (nSPS) is 15.3. The Hall–Kier alpha value is -3.06. The number of thiazole rings is 1. The Labute approximate surface area is 197 Å². The van der Waals surface area contributed by atoms with E-state index in [2.05, 4.69) is 10.3 Å². The van der Waals surface area contributed by atoms with E-state index in [0.717, 1.165) is 29.0 Å². The fourth-order valence-electron chi connectivity index (χ4n) is 4.22. The Kier molecular flexibility index (Phi) is 7.18. The number of halogens is 1. The first kappa shape index (κ1) is 23.1. The maximum absolute atomic E-state index is 13.2. The van der Waals surface area contributed by atoms with Crippen LogP contribution in [0.25, 0.3) is 10.6 Å². The van der Waals surface area contributed by atoms with Gasteiger partial charge in [-0.15, -0.1) is 11.3 Å². The quantitative estimate of drug-likeness (QED) is 0.553. The molecule has 1 atom stereocenters. The number of aromatic nitrogens is 1. The highest BCUT2D eigenvalue weighted by Gasteiger charge is 2.31. The molecule has 172 valence electrons. The lowest BCUT2D eigenvalue weighted by Gasteiger charge is -2.34. The Balaban J connectivity index is 1.32. The zero-order chi connectivity index (χ0) is 23.4. The molecule has 2 amide bonds. The van der Waals surface area contributed by atoms with Crippen molar-refractivity contribution in [2.75, 3.05) is 13.1 Å². The fourth-order valence-corrected chi connectivity index (χ4v) is 5.26. The number of aryl methyl sites for hydroxylation is 1. The highest BCUT2D eigenvalue weighted by Crippen LogP contribution is 2.31. The monoisotopic (exact) mass is 465 g/mol. The van der Waals surface area contributed by atoms with Crippen LogP contribution >= 0.6 is 11.3 Å². The van der Waals surface area contributed by atoms with E-state index in [4.69, 9.17) is 0 Å². The molecule has 2 heterocycles. The molecule has 7 heteroatoms. The summed E-state index contributed by atoms with van der Waals surface area (Å²) in [6.07, 6.45) is 1.60. The molecule has 1 N–H and O–H groups in total. The second kappa shape index (κ2) is 10.3. The second-order valence-corrected chi connectivity index (χ2v) is 9.56. The SMILES string of the molecule is Cc1nc(-c2ccc(F)cc2)sc1C(=O)N1CCC(C(C)C(=O)NCc2ccccc2)CC1. The van der Waals surface area contributed by atoms with Gasteiger partial charge in [-0.05, 0) is 55.5 Å². The van der Waals surface area contributed by atoms with Gasteiger partial charge in [0.05, 0.1) is 5.69 Å². The van der Waals surface area contributed by atoms with Crippen LogP contribution in [0.15, 0.2) is 54.6 Å². The first-order valence-electron chi connectivity index (χ1n) is 11.3. The van der Waals surface area contributed by atoms with Crippen LogP contribution in [-0.2, 0) is 11.3 Å². The smallest absolute Gasteiger partial charge is 0.265 e. The standard InChI is InChI=1S/C26H28FN3O2S/c1-17(24(31)28-16-19-6-4-3-5-7-19)20-12-14-30(15-13-20)26(32)23-18(2)29-25(33-23)21-8-10-22(27)11-9-21/h3-11,17,20H,12-16H2,1-2H3,(H,28,31). The van der Waals surface area contributed by atoms with Crippen molar-refractivity contribution >= 4 is 23.2 Å². The van der Waals surface area contributed by atoms with Crippen LogP contribution in [0.1, 0.15) is 40.7 Å². The van der Waals surface area contributed by atoms with Crippen LogP contribution in [0, 0.1) is 24.6 Å². The predicted molar refractivity (Wildman–Crippen MR) is 128 cm³/mol. The summed E-state index contributed by atoms with van der Waals surface area (Å²) in [5.41, 5.74) is 2.58. The number of benzene rings is 2. The molecular formula is C26H28FN3O2S. The Morgan fingerprint density at radius 1 is 1.12 bits per heavy atom. The zero-order valence-electron chi connectivity index (χ0n) is 18.9. The van der Waals surface area contributed by atoms with Gasteiger partial charge in [0.25, 0.3) is 5.91 Å². The number of carbonyl (C=O) groups is 2. The average molecular weight is 466 g/mol. The minimum absolute atomic E-state index is 0.0157. The van der Waals surface area contributed by atoms with E-state index >= 15 is 0 Å². The fraction of sp³-hybridized carbons (Fsp3) is 0.346. The number of piperidine rings is 1. The topological polar surface area (TPSA) is 62.3 Å². The molecule has 33 heavy (non-hydrogen) atoms. The van der Waals surface area contributed by atoms with Gasteiger partial charge in [-0.1, -0.05) is 37.3 Å². The Bertz CT molecular complexity index is 1110. The zero-order valence-corrected chi connectivity index (χ0v) is 19.7. The molecular weight excluding hydrogens is 437 g/mol. The van der Waals surface area contributed by atoms with Crippen molar-refractivity contribution in [3.8, 4) is 10.6 Å². The molecule has 1 aliphatic rings. The second-order valence-electron chi connectivity index (χ2n) is 8.56. The lowest BCUT2D eigenvalue weighted by Crippen LogP contribution is -2.42. The molecule has 1 saturated heterocycles. The molecule has 0 spiro atoms. The largest absolute Gasteiger partial charge is 0.352 e. The lowest BCUT2D eigenvalue weighted by molar-refractivity contribution is -0.126. The summed E-state index contributed by atoms with van der Waals surface area (Å²) in [4.78, 5) is 32.8. The van der Waals surface area contributed by atoms with Gasteiger partial charge >= 0.3 is 0 Å². The van der Waals surface area contributed by atoms with Gasteiger partial charge < -0.3 is 10.2 Å². The summed E-state index contributed by atoms with van der Waals surface area (Å²) >= 11 is 1.35. The summed E-state index contributed by atoms with van der Waals surface area (Å²) < 4.78 is 13.2. The average Bonchev–Trinajstić information content (AvgIpc) is 3.24. The number of carbonyl (C=O) groups excluding carboxylic acids is 2. The lowest BCUT2D eigenvalue weighted by atomic mass is 9.84. The van der Waals surface area contributed by atoms with Gasteiger partial charge in [0.2, 0.25) is 5.91 Å². The van der Waals surface area contributed by atoms with Crippen LogP contribution in [0.4, 0.5) is 4.39 Å². The Morgan fingerprint density at radius 2 is 1.79 bits per heavy atom. The molecule has 0 radical (unpaired) electrons. The molecule has 1 aliphatic heterocycles. The van der Waals surface area contributed by atoms with E-state index in [1.54, 1.807) is 12.1 Å². The minimum atomic E-state index is -0.297. The number of hydrogen-bond acceptors (Lipinski definition) is 4. The molecule has 1 aromatic heterocycles. The first-order valence-corrected chi connectivity index (χ1v) is 12.1. The number of nitrogens with zero attached hydrogens (tertiary/aromatic N) is 2. The highest BCUT2D eigenvalue weighted by atomic mass is 32.1. The van der Waals surface area contributed by atoms with E-state index in [9.17, 15) is 14.0 Å². The van der Waals surface area contributed by atoms with E-state index < -0.39 is 0 Å². The molecule has 1 fully saturated rings. The van der Waals surface area contributed by atoms with Crippen molar-refractivity contribution in [1.29, 1.82) is 0 Å². The molecule has 1 unspecified atom stereocenters. The van der Waals surface area contributed by atoms with Crippen LogP contribution in [0.2, 0.25) is 0 Å². The van der Waals surface area contributed by atoms with Crippen molar-refractivity contribution in [2.45, 2.75) is 33.2 Å². The first-order chi connectivity index (χ1) is 15.9. The summed E-state index contributed by atoms with van der Waals surface area (Å²) in [5, 5.41) is 3.75. The summed E-state index contributed by atoms with van der Waals surface area (Å²) in [7, 11) is 0. The number of amides is 2. The third-order valence-corrected chi connectivity index (χ3v) is 7.53. The van der Waals surface area contributed by atoms with Gasteiger partial charge in [-0.3, -0.25) is 9.59 Å². The van der Waals surface area contributed by atoms with Crippen LogP contribution < -0.4 is 5.32 Å².